The zero-order chi connectivity index (χ0) is 19.8. The van der Waals surface area contributed by atoms with Crippen LogP contribution in [0.4, 0.5) is 8.78 Å². The van der Waals surface area contributed by atoms with Crippen LogP contribution in [0.2, 0.25) is 0 Å². The van der Waals surface area contributed by atoms with Gasteiger partial charge in [0, 0.05) is 0 Å². The van der Waals surface area contributed by atoms with Gasteiger partial charge in [0.1, 0.15) is 5.75 Å². The molecule has 0 unspecified atom stereocenters. The van der Waals surface area contributed by atoms with Crippen LogP contribution in [0.3, 0.4) is 0 Å². The molecule has 2 aromatic rings. The van der Waals surface area contributed by atoms with E-state index < -0.39 is 6.61 Å². The lowest BCUT2D eigenvalue weighted by atomic mass is 9.77. The van der Waals surface area contributed by atoms with Crippen molar-refractivity contribution in [2.45, 2.75) is 77.2 Å². The predicted octanol–water partition coefficient (Wildman–Crippen LogP) is 8.20. The van der Waals surface area contributed by atoms with Crippen molar-refractivity contribution in [2.75, 3.05) is 0 Å². The minimum Gasteiger partial charge on any atom is -0.435 e. The fraction of sp³-hybridized carbons (Fsp3) is 0.520. The first-order valence-corrected chi connectivity index (χ1v) is 10.8. The van der Waals surface area contributed by atoms with Gasteiger partial charge in [-0.2, -0.15) is 8.78 Å². The molecule has 1 saturated carbocycles. The summed E-state index contributed by atoms with van der Waals surface area (Å²) in [6.45, 7) is -0.510. The predicted molar refractivity (Wildman–Crippen MR) is 112 cm³/mol. The van der Waals surface area contributed by atoms with E-state index in [9.17, 15) is 8.78 Å². The summed E-state index contributed by atoms with van der Waals surface area (Å²) in [6.07, 6.45) is 12.2. The second kappa shape index (κ2) is 10.6. The Balaban J connectivity index is 1.51. The molecule has 0 heterocycles. The molecule has 3 rings (SSSR count). The van der Waals surface area contributed by atoms with E-state index >= 15 is 0 Å². The largest absolute Gasteiger partial charge is 0.435 e. The highest BCUT2D eigenvalue weighted by atomic mass is 19.3. The first-order valence-electron chi connectivity index (χ1n) is 10.8. The molecule has 0 amide bonds. The molecule has 0 N–H and O–H groups in total. The standard InChI is InChI=1S/C25H32F2O/c1-2-3-4-5-6-19-7-9-20(10-8-19)21-11-13-22(14-12-21)23-15-17-24(18-16-23)28-25(26)27/h11-20,25H,2-10H2,1H3. The quantitative estimate of drug-likeness (QED) is 0.395. The summed E-state index contributed by atoms with van der Waals surface area (Å²) in [5.41, 5.74) is 3.56. The summed E-state index contributed by atoms with van der Waals surface area (Å²) in [6, 6.07) is 15.6. The molecule has 0 aliphatic heterocycles. The fourth-order valence-corrected chi connectivity index (χ4v) is 4.42. The molecule has 1 nitrogen and oxygen atoms in total. The van der Waals surface area contributed by atoms with Crippen molar-refractivity contribution in [2.24, 2.45) is 5.92 Å². The van der Waals surface area contributed by atoms with Crippen LogP contribution in [0, 0.1) is 5.92 Å². The first-order chi connectivity index (χ1) is 13.7. The Hall–Kier alpha value is -1.90. The molecule has 1 fully saturated rings. The fourth-order valence-electron chi connectivity index (χ4n) is 4.42. The highest BCUT2D eigenvalue weighted by molar-refractivity contribution is 5.64. The monoisotopic (exact) mass is 386 g/mol. The number of rotatable bonds is 9. The van der Waals surface area contributed by atoms with Crippen LogP contribution in [0.1, 0.15) is 76.2 Å². The lowest BCUT2D eigenvalue weighted by molar-refractivity contribution is -0.0498. The van der Waals surface area contributed by atoms with E-state index in [2.05, 4.69) is 35.9 Å². The SMILES string of the molecule is CCCCCCC1CCC(c2ccc(-c3ccc(OC(F)F)cc3)cc2)CC1. The zero-order valence-corrected chi connectivity index (χ0v) is 16.9. The Bertz CT molecular complexity index is 685. The molecule has 0 spiro atoms. The highest BCUT2D eigenvalue weighted by Gasteiger charge is 2.22. The minimum absolute atomic E-state index is 0.196. The molecule has 3 heteroatoms. The number of halogens is 2. The van der Waals surface area contributed by atoms with E-state index in [0.29, 0.717) is 5.92 Å². The second-order valence-electron chi connectivity index (χ2n) is 8.09. The number of unbranched alkanes of at least 4 members (excludes halogenated alkanes) is 3. The summed E-state index contributed by atoms with van der Waals surface area (Å²) in [4.78, 5) is 0. The number of hydrogen-bond donors (Lipinski definition) is 0. The first kappa shape index (κ1) is 20.8. The van der Waals surface area contributed by atoms with E-state index in [4.69, 9.17) is 0 Å². The van der Waals surface area contributed by atoms with Gasteiger partial charge in [0.25, 0.3) is 0 Å². The van der Waals surface area contributed by atoms with Crippen molar-refractivity contribution >= 4 is 0 Å². The van der Waals surface area contributed by atoms with E-state index in [-0.39, 0.29) is 5.75 Å². The second-order valence-corrected chi connectivity index (χ2v) is 8.09. The molecule has 0 atom stereocenters. The van der Waals surface area contributed by atoms with E-state index in [1.807, 2.05) is 12.1 Å². The average Bonchev–Trinajstić information content (AvgIpc) is 2.72. The maximum atomic E-state index is 12.3. The molecule has 152 valence electrons. The van der Waals surface area contributed by atoms with Gasteiger partial charge in [-0.15, -0.1) is 0 Å². The summed E-state index contributed by atoms with van der Waals surface area (Å²) >= 11 is 0. The molecule has 0 aromatic heterocycles. The maximum absolute atomic E-state index is 12.3. The van der Waals surface area contributed by atoms with Crippen molar-refractivity contribution in [1.82, 2.24) is 0 Å². The van der Waals surface area contributed by atoms with Gasteiger partial charge in [-0.1, -0.05) is 75.4 Å². The third-order valence-corrected chi connectivity index (χ3v) is 6.11. The van der Waals surface area contributed by atoms with Crippen molar-refractivity contribution in [3.8, 4) is 16.9 Å². The van der Waals surface area contributed by atoms with Gasteiger partial charge in [-0.3, -0.25) is 0 Å². The molecule has 28 heavy (non-hydrogen) atoms. The molecule has 0 saturated heterocycles. The van der Waals surface area contributed by atoms with Crippen LogP contribution < -0.4 is 4.74 Å². The molecular formula is C25H32F2O. The Morgan fingerprint density at radius 3 is 2.00 bits per heavy atom. The summed E-state index contributed by atoms with van der Waals surface area (Å²) in [5.74, 6) is 1.81. The third kappa shape index (κ3) is 6.05. The lowest BCUT2D eigenvalue weighted by Gasteiger charge is -2.29. The Labute approximate surface area is 168 Å². The minimum atomic E-state index is -2.78. The van der Waals surface area contributed by atoms with Crippen molar-refractivity contribution < 1.29 is 13.5 Å². The molecule has 1 aliphatic carbocycles. The van der Waals surface area contributed by atoms with Gasteiger partial charge in [0.2, 0.25) is 0 Å². The molecule has 1 aliphatic rings. The number of alkyl halides is 2. The van der Waals surface area contributed by atoms with E-state index in [0.717, 1.165) is 17.0 Å². The van der Waals surface area contributed by atoms with Gasteiger partial charge in [0.05, 0.1) is 0 Å². The van der Waals surface area contributed by atoms with Crippen LogP contribution in [-0.4, -0.2) is 6.61 Å². The molecule has 0 radical (unpaired) electrons. The Kier molecular flexibility index (Phi) is 7.88. The van der Waals surface area contributed by atoms with E-state index in [1.165, 1.54) is 63.4 Å². The summed E-state index contributed by atoms with van der Waals surface area (Å²) in [5, 5.41) is 0. The molecular weight excluding hydrogens is 354 g/mol. The Morgan fingerprint density at radius 1 is 0.821 bits per heavy atom. The number of benzene rings is 2. The normalized spacial score (nSPS) is 19.7. The van der Waals surface area contributed by atoms with Crippen LogP contribution in [0.25, 0.3) is 11.1 Å². The summed E-state index contributed by atoms with van der Waals surface area (Å²) < 4.78 is 28.9. The third-order valence-electron chi connectivity index (χ3n) is 6.11. The topological polar surface area (TPSA) is 9.23 Å². The molecule has 0 bridgehead atoms. The molecule has 2 aromatic carbocycles. The average molecular weight is 387 g/mol. The van der Waals surface area contributed by atoms with Gasteiger partial charge < -0.3 is 4.74 Å². The van der Waals surface area contributed by atoms with Gasteiger partial charge in [-0.25, -0.2) is 0 Å². The highest BCUT2D eigenvalue weighted by Crippen LogP contribution is 2.38. The Morgan fingerprint density at radius 2 is 1.43 bits per heavy atom. The van der Waals surface area contributed by atoms with Crippen LogP contribution in [-0.2, 0) is 0 Å². The zero-order valence-electron chi connectivity index (χ0n) is 16.9. The van der Waals surface area contributed by atoms with E-state index in [1.54, 1.807) is 12.1 Å². The van der Waals surface area contributed by atoms with Crippen molar-refractivity contribution in [3.63, 3.8) is 0 Å². The van der Waals surface area contributed by atoms with Crippen molar-refractivity contribution in [1.29, 1.82) is 0 Å². The van der Waals surface area contributed by atoms with Gasteiger partial charge in [-0.05, 0) is 66.3 Å². The number of hydrogen-bond acceptors (Lipinski definition) is 1. The van der Waals surface area contributed by atoms with Crippen LogP contribution >= 0.6 is 0 Å². The van der Waals surface area contributed by atoms with Crippen molar-refractivity contribution in [3.05, 3.63) is 54.1 Å². The van der Waals surface area contributed by atoms with Gasteiger partial charge >= 0.3 is 6.61 Å². The maximum Gasteiger partial charge on any atom is 0.387 e. The van der Waals surface area contributed by atoms with Gasteiger partial charge in [0.15, 0.2) is 0 Å². The van der Waals surface area contributed by atoms with Crippen LogP contribution in [0.5, 0.6) is 5.75 Å². The van der Waals surface area contributed by atoms with Crippen LogP contribution in [0.15, 0.2) is 48.5 Å². The smallest absolute Gasteiger partial charge is 0.387 e. The summed E-state index contributed by atoms with van der Waals surface area (Å²) in [7, 11) is 0. The lowest BCUT2D eigenvalue weighted by Crippen LogP contribution is -2.13. The number of ether oxygens (including phenoxy) is 1.